The highest BCUT2D eigenvalue weighted by Crippen LogP contribution is 2.69. The molecule has 6 nitrogen and oxygen atoms in total. The lowest BCUT2D eigenvalue weighted by atomic mass is 9.36. The Morgan fingerprint density at radius 3 is 1.25 bits per heavy atom. The first-order valence-electron chi connectivity index (χ1n) is 46.1. The van der Waals surface area contributed by atoms with Crippen LogP contribution in [0.4, 0.5) is 56.9 Å². The lowest BCUT2D eigenvalue weighted by Gasteiger charge is -2.45. The number of halogens is 3. The van der Waals surface area contributed by atoms with Crippen LogP contribution in [0, 0.1) is 13.8 Å². The number of benzene rings is 12. The highest BCUT2D eigenvalue weighted by atomic mass is 127. The van der Waals surface area contributed by atoms with Crippen molar-refractivity contribution in [2.24, 2.45) is 0 Å². The summed E-state index contributed by atoms with van der Waals surface area (Å²) in [5.74, 6) is 2.13. The summed E-state index contributed by atoms with van der Waals surface area (Å²) < 4.78 is 14.5. The standard InChI is InChI=1S/C57H57BN2OS.C57H60N2OS.BI3/c1-35-30-47-51-48(31-35)60(39-26-22-37(23-27-39)54(5,6)7)49-34-57(42-18-12-10-16-40(42)41-17-11-13-19-43(41)57)62-52(49)58(51)45-33-50-44(55(8)28-14-15-29-56(55,9)61-50)32-46(45)59(47)38-24-20-36(21-25-38)53(2,3)4;1-38-32-44(58(41-24-20-39(21-25-41)53(2,3)4)43-28-29-52-51(35-43)55(8)30-14-15-31-56(55,9)60-52)34-45(33-38)59(42-26-22-40(23-27-42)54(5,6)7)46-36-57(61-37-46)49-18-12-10-16-47(49)48-17-11-13-19-50(48)57;2-1(3)4/h10-13,16-27,30-33H,14-15,28-29,34H2,1-9H3;10-13,16-29,32-35,37H,14-15,30-31,36H2,1-9H3;. The molecule has 644 valence electrons. The normalized spacial score (nSPS) is 21.2. The lowest BCUT2D eigenvalue weighted by molar-refractivity contribution is 0.00729. The molecule has 22 rings (SSSR count). The first kappa shape index (κ1) is 86.9. The van der Waals surface area contributed by atoms with Gasteiger partial charge in [-0.3, -0.25) is 0 Å². The number of ether oxygens (including phenoxy) is 2. The molecular formula is C114H117B2I3N4O2S2. The topological polar surface area (TPSA) is 31.4 Å². The summed E-state index contributed by atoms with van der Waals surface area (Å²) in [6, 6.07) is 98.3. The number of thioether (sulfide) groups is 2. The predicted octanol–water partition coefficient (Wildman–Crippen LogP) is 32.3. The fourth-order valence-corrected chi connectivity index (χ4v) is 26.4. The molecule has 4 aliphatic carbocycles. The van der Waals surface area contributed by atoms with E-state index >= 15 is 0 Å². The van der Waals surface area contributed by atoms with Gasteiger partial charge in [0.05, 0.1) is 9.49 Å². The van der Waals surface area contributed by atoms with Crippen LogP contribution >= 0.6 is 90.6 Å². The molecule has 4 atom stereocenters. The van der Waals surface area contributed by atoms with Crippen molar-refractivity contribution in [2.45, 2.75) is 242 Å². The van der Waals surface area contributed by atoms with Crippen molar-refractivity contribution in [3.05, 3.63) is 343 Å². The third kappa shape index (κ3) is 14.4. The van der Waals surface area contributed by atoms with E-state index in [-0.39, 0.29) is 59.9 Å². The number of aryl methyl sites for hydroxylation is 2. The van der Waals surface area contributed by atoms with Gasteiger partial charge in [0.15, 0.2) is 0 Å². The second-order valence-electron chi connectivity index (χ2n) is 42.6. The van der Waals surface area contributed by atoms with Crippen LogP contribution in [-0.4, -0.2) is 18.2 Å². The van der Waals surface area contributed by atoms with E-state index < -0.39 is 0 Å². The molecule has 12 aromatic carbocycles. The van der Waals surface area contributed by atoms with Crippen molar-refractivity contribution in [1.29, 1.82) is 0 Å². The van der Waals surface area contributed by atoms with Crippen molar-refractivity contribution in [1.82, 2.24) is 0 Å². The Labute approximate surface area is 805 Å². The number of hydrogen-bond donors (Lipinski definition) is 0. The summed E-state index contributed by atoms with van der Waals surface area (Å²) >= 11 is 11.1. The van der Waals surface area contributed by atoms with Crippen LogP contribution in [0.2, 0.25) is 0 Å². The van der Waals surface area contributed by atoms with Crippen LogP contribution in [0.15, 0.2) is 276 Å². The van der Waals surface area contributed by atoms with Crippen LogP contribution in [0.25, 0.3) is 22.3 Å². The summed E-state index contributed by atoms with van der Waals surface area (Å²) in [5, 5.41) is 2.45. The molecule has 0 bridgehead atoms. The minimum absolute atomic E-state index is 0.0355. The first-order valence-corrected chi connectivity index (χ1v) is 51.5. The van der Waals surface area contributed by atoms with E-state index in [0.29, 0.717) is 0 Å². The smallest absolute Gasteiger partial charge is 0.355 e. The van der Waals surface area contributed by atoms with Gasteiger partial charge in [-0.05, 0) is 296 Å². The molecule has 0 saturated heterocycles. The van der Waals surface area contributed by atoms with Gasteiger partial charge in [0.2, 0.25) is 0 Å². The van der Waals surface area contributed by atoms with Crippen LogP contribution < -0.4 is 40.0 Å². The van der Waals surface area contributed by atoms with E-state index in [1.165, 1.54) is 176 Å². The number of nitrogens with zero attached hydrogens (tertiary/aromatic N) is 4. The van der Waals surface area contributed by atoms with E-state index in [2.05, 4.69) is 483 Å². The van der Waals surface area contributed by atoms with Crippen molar-refractivity contribution in [3.8, 4) is 33.8 Å². The molecule has 0 radical (unpaired) electrons. The maximum atomic E-state index is 7.28. The van der Waals surface area contributed by atoms with E-state index in [1.807, 2.05) is 11.8 Å². The van der Waals surface area contributed by atoms with Gasteiger partial charge in [-0.1, -0.05) is 255 Å². The van der Waals surface area contributed by atoms with Gasteiger partial charge < -0.3 is 29.1 Å². The summed E-state index contributed by atoms with van der Waals surface area (Å²) in [6.07, 6.45) is 11.2. The molecule has 127 heavy (non-hydrogen) atoms. The Bertz CT molecular complexity index is 6380. The first-order chi connectivity index (χ1) is 60.4. The number of rotatable bonds is 8. The van der Waals surface area contributed by atoms with Crippen LogP contribution in [0.1, 0.15) is 242 Å². The number of fused-ring (bicyclic) bond motifs is 19. The third-order valence-electron chi connectivity index (χ3n) is 30.5. The zero-order chi connectivity index (χ0) is 88.8. The van der Waals surface area contributed by atoms with Gasteiger partial charge in [-0.25, -0.2) is 0 Å². The third-order valence-corrected chi connectivity index (χ3v) is 33.5. The number of allylic oxidation sites excluding steroid dienone is 2. The summed E-state index contributed by atoms with van der Waals surface area (Å²) in [5.41, 5.74) is 39.0. The van der Waals surface area contributed by atoms with Crippen molar-refractivity contribution < 1.29 is 9.47 Å². The maximum Gasteiger partial charge on any atom is 0.355 e. The Morgan fingerprint density at radius 1 is 0.378 bits per heavy atom. The Kier molecular flexibility index (Phi) is 21.6. The minimum Gasteiger partial charge on any atom is -0.486 e. The van der Waals surface area contributed by atoms with Crippen LogP contribution in [0.5, 0.6) is 11.5 Å². The van der Waals surface area contributed by atoms with E-state index in [1.54, 1.807) is 0 Å². The van der Waals surface area contributed by atoms with Crippen LogP contribution in [0.3, 0.4) is 0 Å². The molecule has 2 spiro atoms. The summed E-state index contributed by atoms with van der Waals surface area (Å²) in [4.78, 5) is 11.8. The molecule has 10 aliphatic rings. The fourth-order valence-electron chi connectivity index (χ4n) is 23.2. The Balaban J connectivity index is 0.000000154. The van der Waals surface area contributed by atoms with Gasteiger partial charge >= 0.3 is 0.282 Å². The molecule has 0 amide bonds. The summed E-state index contributed by atoms with van der Waals surface area (Å²) in [7, 11) is 0. The molecule has 0 aromatic heterocycles. The fraction of sp³-hybridized carbons (Fsp3) is 0.333. The zero-order valence-electron chi connectivity index (χ0n) is 77.1. The summed E-state index contributed by atoms with van der Waals surface area (Å²) in [6.45, 7) is 41.9. The number of hydrogen-bond acceptors (Lipinski definition) is 8. The predicted molar refractivity (Wildman–Crippen MR) is 571 cm³/mol. The van der Waals surface area contributed by atoms with Crippen molar-refractivity contribution >= 4 is 165 Å². The largest absolute Gasteiger partial charge is 0.486 e. The van der Waals surface area contributed by atoms with Gasteiger partial charge in [0, 0.05) is 103 Å². The maximum absolute atomic E-state index is 7.28. The van der Waals surface area contributed by atoms with Gasteiger partial charge in [0.25, 0.3) is 6.71 Å². The monoisotopic (exact) mass is 2040 g/mol. The zero-order valence-corrected chi connectivity index (χ0v) is 85.2. The molecule has 2 saturated carbocycles. The van der Waals surface area contributed by atoms with Crippen molar-refractivity contribution in [2.75, 3.05) is 19.6 Å². The molecule has 13 heteroatoms. The second-order valence-corrected chi connectivity index (χ2v) is 56.0. The molecule has 2 fully saturated rings. The Morgan fingerprint density at radius 2 is 0.772 bits per heavy atom. The van der Waals surface area contributed by atoms with Gasteiger partial charge in [-0.2, -0.15) is 0 Å². The molecule has 0 N–H and O–H groups in total. The SMILES string of the molecule is Cc1cc(N(C2=CSC3(C2)c2ccccc2-c2ccccc23)c2ccc(C(C)(C)C)cc2)cc(N(c2ccc(C(C)(C)C)cc2)c2ccc3c(c2)C2(C)CCCCC2(C)O3)c1.Cc1cc2c3c(c1)N(c1ccc(C(C)(C)C)cc1)c1cc4c(cc1B3C1=C(CC3(S1)c1ccccc1-c1ccccc13)N2c1ccc(C(C)(C)C)cc1)OC1(C)CCCCC41C.IB(I)I. The highest BCUT2D eigenvalue weighted by Gasteiger charge is 2.61. The second kappa shape index (κ2) is 31.6. The highest BCUT2D eigenvalue weighted by molar-refractivity contribution is 14.4. The lowest BCUT2D eigenvalue weighted by Crippen LogP contribution is -2.55. The molecule has 6 aliphatic heterocycles. The quantitative estimate of drug-likeness (QED) is 0.110. The van der Waals surface area contributed by atoms with Gasteiger partial charge in [-0.15, -0.1) is 90.6 Å². The van der Waals surface area contributed by atoms with Gasteiger partial charge in [0.1, 0.15) is 22.7 Å². The van der Waals surface area contributed by atoms with Crippen LogP contribution in [-0.2, 0) is 42.0 Å². The molecule has 6 heterocycles. The minimum atomic E-state index is -0.248. The Hall–Kier alpha value is -8.06. The van der Waals surface area contributed by atoms with E-state index in [4.69, 9.17) is 9.47 Å². The van der Waals surface area contributed by atoms with E-state index in [0.717, 1.165) is 73.1 Å². The average molecular weight is 2040 g/mol. The van der Waals surface area contributed by atoms with Crippen molar-refractivity contribution in [3.63, 3.8) is 0 Å². The molecule has 4 unspecified atom stereocenters. The van der Waals surface area contributed by atoms with E-state index in [9.17, 15) is 0 Å². The molecule has 12 aromatic rings. The number of anilines is 10. The average Bonchev–Trinajstić information content (AvgIpc) is 1.45. The molecular weight excluding hydrogens is 1920 g/mol.